The molecule has 0 saturated heterocycles. The summed E-state index contributed by atoms with van der Waals surface area (Å²) < 4.78 is 72.0. The summed E-state index contributed by atoms with van der Waals surface area (Å²) in [4.78, 5) is 34.1. The molecule has 42 heavy (non-hydrogen) atoms. The number of ether oxygens (including phenoxy) is 4. The minimum Gasteiger partial charge on any atom is -0.490 e. The number of amides is 1. The maximum Gasteiger partial charge on any atom is 0.303 e. The van der Waals surface area contributed by atoms with E-state index >= 15 is 0 Å². The molecule has 0 unspecified atom stereocenters. The van der Waals surface area contributed by atoms with Crippen molar-refractivity contribution in [1.82, 2.24) is 4.31 Å². The molecule has 0 saturated carbocycles. The fraction of sp³-hybridized carbons (Fsp3) is 0.400. The van der Waals surface area contributed by atoms with E-state index in [4.69, 9.17) is 53.8 Å². The van der Waals surface area contributed by atoms with Crippen LogP contribution in [0.3, 0.4) is 0 Å². The van der Waals surface area contributed by atoms with E-state index in [0.29, 0.717) is 4.31 Å². The third-order valence-electron chi connectivity index (χ3n) is 5.22. The number of alkyl halides is 1. The van der Waals surface area contributed by atoms with Crippen LogP contribution in [0.4, 0.5) is 0 Å². The van der Waals surface area contributed by atoms with Gasteiger partial charge in [-0.05, 0) is 36.4 Å². The number of esters is 2. The second kappa shape index (κ2) is 15.1. The minimum atomic E-state index is -4.11. The van der Waals surface area contributed by atoms with E-state index in [1.54, 1.807) is 0 Å². The highest BCUT2D eigenvalue weighted by atomic mass is 35.5. The van der Waals surface area contributed by atoms with Crippen molar-refractivity contribution in [1.29, 1.82) is 0 Å². The summed E-state index contributed by atoms with van der Waals surface area (Å²) in [5, 5.41) is -0.218. The van der Waals surface area contributed by atoms with Crippen molar-refractivity contribution in [2.45, 2.75) is 42.8 Å². The molecule has 0 N–H and O–H groups in total. The topological polar surface area (TPSA) is 160 Å². The molecule has 17 heteroatoms. The van der Waals surface area contributed by atoms with Crippen molar-refractivity contribution in [3.63, 3.8) is 0 Å². The second-order valence-corrected chi connectivity index (χ2v) is 13.7. The maximum absolute atomic E-state index is 13.2. The Balaban J connectivity index is 2.19. The summed E-state index contributed by atoms with van der Waals surface area (Å²) >= 11 is 18.2. The lowest BCUT2D eigenvalue weighted by molar-refractivity contribution is -0.149. The molecule has 0 bridgehead atoms. The first-order valence-corrected chi connectivity index (χ1v) is 16.6. The van der Waals surface area contributed by atoms with Crippen LogP contribution in [0, 0.1) is 0 Å². The van der Waals surface area contributed by atoms with E-state index in [1.165, 1.54) is 31.2 Å². The number of sulfonamides is 1. The molecule has 2 rings (SSSR count). The van der Waals surface area contributed by atoms with Gasteiger partial charge in [0.1, 0.15) is 25.1 Å². The van der Waals surface area contributed by atoms with Gasteiger partial charge in [-0.25, -0.2) is 21.1 Å². The zero-order valence-corrected chi connectivity index (χ0v) is 26.7. The Morgan fingerprint density at radius 1 is 0.810 bits per heavy atom. The summed E-state index contributed by atoms with van der Waals surface area (Å²) in [6, 6.07) is 7.46. The van der Waals surface area contributed by atoms with Crippen LogP contribution in [0.2, 0.25) is 10.0 Å². The first-order chi connectivity index (χ1) is 19.4. The smallest absolute Gasteiger partial charge is 0.303 e. The zero-order valence-electron chi connectivity index (χ0n) is 22.8. The van der Waals surface area contributed by atoms with Gasteiger partial charge in [-0.2, -0.15) is 0 Å². The average Bonchev–Trinajstić information content (AvgIpc) is 2.87. The second-order valence-electron chi connectivity index (χ2n) is 8.74. The largest absolute Gasteiger partial charge is 0.490 e. The van der Waals surface area contributed by atoms with Crippen LogP contribution in [0.15, 0.2) is 46.2 Å². The van der Waals surface area contributed by atoms with E-state index in [1.807, 2.05) is 0 Å². The molecule has 0 aliphatic rings. The highest BCUT2D eigenvalue weighted by molar-refractivity contribution is 7.91. The van der Waals surface area contributed by atoms with E-state index < -0.39 is 56.5 Å². The highest BCUT2D eigenvalue weighted by Crippen LogP contribution is 2.37. The molecule has 0 aliphatic heterocycles. The highest BCUT2D eigenvalue weighted by Gasteiger charge is 2.27. The Kier molecular flexibility index (Phi) is 12.7. The number of benzene rings is 2. The van der Waals surface area contributed by atoms with Crippen molar-refractivity contribution in [2.75, 3.05) is 31.9 Å². The van der Waals surface area contributed by atoms with Gasteiger partial charge < -0.3 is 18.9 Å². The van der Waals surface area contributed by atoms with Crippen molar-refractivity contribution in [3.05, 3.63) is 46.4 Å². The first kappa shape index (κ1) is 35.4. The average molecular weight is 689 g/mol. The summed E-state index contributed by atoms with van der Waals surface area (Å²) in [5.41, 5.74) is 0. The lowest BCUT2D eigenvalue weighted by atomic mass is 10.3. The number of hydrogen-bond donors (Lipinski definition) is 0. The molecule has 0 aliphatic carbocycles. The van der Waals surface area contributed by atoms with E-state index in [9.17, 15) is 31.2 Å². The summed E-state index contributed by atoms with van der Waals surface area (Å²) in [5.74, 6) is -1.96. The molecular formula is C25H28Cl3NO11S2. The van der Waals surface area contributed by atoms with Gasteiger partial charge >= 0.3 is 11.9 Å². The van der Waals surface area contributed by atoms with Gasteiger partial charge in [-0.3, -0.25) is 14.4 Å². The van der Waals surface area contributed by atoms with Crippen LogP contribution in [-0.2, 0) is 43.7 Å². The lowest BCUT2D eigenvalue weighted by Gasteiger charge is -2.24. The van der Waals surface area contributed by atoms with Crippen LogP contribution in [0.5, 0.6) is 11.5 Å². The standard InChI is InChI=1S/C25H28Cl3NO11S2/c1-15(30)29(41(4,33)34)12-20(40-17(3)32)14-37-18-5-7-21(8-6-18)42(35,36)22-9-23(27)25(24(28)10-22)38-13-19(11-26)39-16(2)31/h5-10,19-20H,11-14H2,1-4H3/t19-,20-/m1/s1. The third kappa shape index (κ3) is 10.2. The number of rotatable bonds is 14. The van der Waals surface area contributed by atoms with Crippen molar-refractivity contribution >= 4 is 72.5 Å². The molecule has 232 valence electrons. The van der Waals surface area contributed by atoms with Gasteiger partial charge in [0.25, 0.3) is 0 Å². The summed E-state index contributed by atoms with van der Waals surface area (Å²) in [6.07, 6.45) is -1.08. The number of sulfone groups is 1. The maximum atomic E-state index is 13.2. The Morgan fingerprint density at radius 2 is 1.31 bits per heavy atom. The van der Waals surface area contributed by atoms with Gasteiger partial charge in [0, 0.05) is 20.8 Å². The molecule has 2 aromatic rings. The van der Waals surface area contributed by atoms with Crippen molar-refractivity contribution < 1.29 is 50.2 Å². The normalized spacial score (nSPS) is 13.0. The SMILES string of the molecule is CC(=O)O[C@H](CCl)COc1c(Cl)cc(S(=O)(=O)c2ccc(OC[C@@H](CN(C(C)=O)S(C)(=O)=O)OC(C)=O)cc2)cc1Cl. The van der Waals surface area contributed by atoms with Crippen LogP contribution in [0.1, 0.15) is 20.8 Å². The van der Waals surface area contributed by atoms with Gasteiger partial charge in [-0.1, -0.05) is 23.2 Å². The first-order valence-electron chi connectivity index (χ1n) is 11.9. The van der Waals surface area contributed by atoms with Crippen molar-refractivity contribution in [3.8, 4) is 11.5 Å². The van der Waals surface area contributed by atoms with Crippen LogP contribution < -0.4 is 9.47 Å². The zero-order chi connectivity index (χ0) is 31.8. The van der Waals surface area contributed by atoms with Gasteiger partial charge in [0.05, 0.1) is 38.5 Å². The quantitative estimate of drug-likeness (QED) is 0.211. The fourth-order valence-electron chi connectivity index (χ4n) is 3.43. The molecule has 12 nitrogen and oxygen atoms in total. The van der Waals surface area contributed by atoms with Gasteiger partial charge in [0.15, 0.2) is 11.9 Å². The molecule has 0 spiro atoms. The molecule has 0 aromatic heterocycles. The van der Waals surface area contributed by atoms with Crippen LogP contribution in [-0.4, -0.2) is 83.1 Å². The van der Waals surface area contributed by atoms with Crippen LogP contribution >= 0.6 is 34.8 Å². The predicted octanol–water partition coefficient (Wildman–Crippen LogP) is 3.49. The number of carbonyl (C=O) groups is 3. The lowest BCUT2D eigenvalue weighted by Crippen LogP contribution is -2.43. The van der Waals surface area contributed by atoms with Gasteiger partial charge in [0.2, 0.25) is 25.8 Å². The Bertz CT molecular complexity index is 1490. The summed E-state index contributed by atoms with van der Waals surface area (Å²) in [6.45, 7) is 2.40. The van der Waals surface area contributed by atoms with E-state index in [2.05, 4.69) is 0 Å². The van der Waals surface area contributed by atoms with E-state index in [0.717, 1.165) is 32.2 Å². The van der Waals surface area contributed by atoms with Gasteiger partial charge in [-0.15, -0.1) is 11.6 Å². The monoisotopic (exact) mass is 687 g/mol. The molecule has 0 heterocycles. The molecule has 1 amide bonds. The van der Waals surface area contributed by atoms with E-state index in [-0.39, 0.29) is 50.4 Å². The Morgan fingerprint density at radius 3 is 1.76 bits per heavy atom. The third-order valence-corrected chi connectivity index (χ3v) is 9.09. The summed E-state index contributed by atoms with van der Waals surface area (Å²) in [7, 11) is -8.04. The Labute approximate surface area is 258 Å². The molecule has 2 aromatic carbocycles. The predicted molar refractivity (Wildman–Crippen MR) is 153 cm³/mol. The molecular weight excluding hydrogens is 661 g/mol. The number of nitrogens with zero attached hydrogens (tertiary/aromatic N) is 1. The molecule has 2 atom stereocenters. The number of halogens is 3. The van der Waals surface area contributed by atoms with Crippen LogP contribution in [0.25, 0.3) is 0 Å². The minimum absolute atomic E-state index is 0.0233. The fourth-order valence-corrected chi connectivity index (χ4v) is 6.53. The number of carbonyl (C=O) groups excluding carboxylic acids is 3. The molecule has 0 fully saturated rings. The Hall–Kier alpha value is -2.78. The molecule has 0 radical (unpaired) electrons. The number of hydrogen-bond acceptors (Lipinski definition) is 11. The van der Waals surface area contributed by atoms with Crippen molar-refractivity contribution in [2.24, 2.45) is 0 Å².